The topological polar surface area (TPSA) is 42.0 Å². The van der Waals surface area contributed by atoms with Gasteiger partial charge in [0.2, 0.25) is 0 Å². The van der Waals surface area contributed by atoms with Crippen LogP contribution in [0.25, 0.3) is 0 Å². The lowest BCUT2D eigenvalue weighted by Gasteiger charge is -2.30. The molecule has 0 spiro atoms. The van der Waals surface area contributed by atoms with Crippen LogP contribution in [0, 0.1) is 0 Å². The molecule has 5 nitrogen and oxygen atoms in total. The van der Waals surface area contributed by atoms with Crippen molar-refractivity contribution in [2.24, 2.45) is 0 Å². The van der Waals surface area contributed by atoms with Gasteiger partial charge in [0, 0.05) is 31.4 Å². The van der Waals surface area contributed by atoms with Gasteiger partial charge in [-0.1, -0.05) is 6.42 Å². The molecule has 1 saturated heterocycles. The highest BCUT2D eigenvalue weighted by atomic mass is 35.5. The van der Waals surface area contributed by atoms with Gasteiger partial charge in [0.1, 0.15) is 12.4 Å². The molecular formula is C20H27ClN2O3. The summed E-state index contributed by atoms with van der Waals surface area (Å²) in [7, 11) is 0. The SMILES string of the molecule is Cl.O=C1C=C2CCCCC2N1c1ccc(OCCN2CCOCC2)cc1. The highest BCUT2D eigenvalue weighted by Gasteiger charge is 2.34. The van der Waals surface area contributed by atoms with E-state index >= 15 is 0 Å². The first-order chi connectivity index (χ1) is 12.3. The Hall–Kier alpha value is -1.56. The van der Waals surface area contributed by atoms with Crippen LogP contribution in [0.5, 0.6) is 5.75 Å². The highest BCUT2D eigenvalue weighted by Crippen LogP contribution is 2.36. The molecule has 4 rings (SSSR count). The number of amides is 1. The molecule has 3 aliphatic rings. The van der Waals surface area contributed by atoms with Crippen LogP contribution in [-0.4, -0.2) is 56.3 Å². The average Bonchev–Trinajstić information content (AvgIpc) is 2.99. The molecule has 26 heavy (non-hydrogen) atoms. The minimum absolute atomic E-state index is 0. The fourth-order valence-electron chi connectivity index (χ4n) is 3.99. The van der Waals surface area contributed by atoms with Crippen molar-refractivity contribution in [3.8, 4) is 5.75 Å². The van der Waals surface area contributed by atoms with E-state index in [1.54, 1.807) is 0 Å². The summed E-state index contributed by atoms with van der Waals surface area (Å²) in [5, 5.41) is 0. The Morgan fingerprint density at radius 1 is 1.12 bits per heavy atom. The van der Waals surface area contributed by atoms with E-state index < -0.39 is 0 Å². The number of morpholine rings is 1. The van der Waals surface area contributed by atoms with Crippen molar-refractivity contribution in [3.63, 3.8) is 0 Å². The lowest BCUT2D eigenvalue weighted by Crippen LogP contribution is -2.38. The zero-order chi connectivity index (χ0) is 17.1. The van der Waals surface area contributed by atoms with Gasteiger partial charge in [0.25, 0.3) is 5.91 Å². The number of hydrogen-bond acceptors (Lipinski definition) is 4. The number of benzene rings is 1. The molecule has 2 aliphatic heterocycles. The summed E-state index contributed by atoms with van der Waals surface area (Å²) in [5.41, 5.74) is 2.28. The van der Waals surface area contributed by atoms with Crippen molar-refractivity contribution in [3.05, 3.63) is 35.9 Å². The molecule has 0 aromatic heterocycles. The second-order valence-electron chi connectivity index (χ2n) is 6.99. The monoisotopic (exact) mass is 378 g/mol. The van der Waals surface area contributed by atoms with Crippen molar-refractivity contribution in [1.29, 1.82) is 0 Å². The minimum atomic E-state index is 0. The van der Waals surface area contributed by atoms with Crippen molar-refractivity contribution in [1.82, 2.24) is 4.90 Å². The quantitative estimate of drug-likeness (QED) is 0.789. The van der Waals surface area contributed by atoms with Gasteiger partial charge in [0.15, 0.2) is 0 Å². The van der Waals surface area contributed by atoms with Crippen LogP contribution in [0.4, 0.5) is 5.69 Å². The van der Waals surface area contributed by atoms with Gasteiger partial charge < -0.3 is 14.4 Å². The molecule has 1 aromatic rings. The summed E-state index contributed by atoms with van der Waals surface area (Å²) in [4.78, 5) is 16.7. The second kappa shape index (κ2) is 8.89. The first-order valence-electron chi connectivity index (χ1n) is 9.38. The van der Waals surface area contributed by atoms with E-state index in [0.717, 1.165) is 57.1 Å². The van der Waals surface area contributed by atoms with E-state index in [0.29, 0.717) is 6.61 Å². The number of rotatable bonds is 5. The standard InChI is InChI=1S/C20H26N2O3.ClH/c23-20-15-16-3-1-2-4-19(16)22(20)17-5-7-18(8-6-17)25-14-11-21-9-12-24-13-10-21;/h5-8,15,19H,1-4,9-14H2;1H. The molecule has 6 heteroatoms. The van der Waals surface area contributed by atoms with Crippen LogP contribution in [0.1, 0.15) is 25.7 Å². The van der Waals surface area contributed by atoms with Crippen LogP contribution in [0.15, 0.2) is 35.9 Å². The zero-order valence-corrected chi connectivity index (χ0v) is 15.9. The van der Waals surface area contributed by atoms with E-state index in [2.05, 4.69) is 4.90 Å². The number of fused-ring (bicyclic) bond motifs is 1. The molecule has 0 radical (unpaired) electrons. The summed E-state index contributed by atoms with van der Waals surface area (Å²) < 4.78 is 11.2. The first-order valence-corrected chi connectivity index (χ1v) is 9.38. The molecule has 2 fully saturated rings. The Labute approximate surface area is 161 Å². The Kier molecular flexibility index (Phi) is 6.57. The van der Waals surface area contributed by atoms with Gasteiger partial charge in [-0.15, -0.1) is 12.4 Å². The van der Waals surface area contributed by atoms with Gasteiger partial charge in [-0.2, -0.15) is 0 Å². The maximum atomic E-state index is 12.4. The van der Waals surface area contributed by atoms with E-state index in [4.69, 9.17) is 9.47 Å². The molecule has 2 heterocycles. The Morgan fingerprint density at radius 3 is 2.65 bits per heavy atom. The van der Waals surface area contributed by atoms with E-state index in [9.17, 15) is 4.79 Å². The van der Waals surface area contributed by atoms with Crippen LogP contribution in [0.2, 0.25) is 0 Å². The summed E-state index contributed by atoms with van der Waals surface area (Å²) in [6.45, 7) is 5.19. The third kappa shape index (κ3) is 4.22. The molecule has 1 unspecified atom stereocenters. The number of nitrogens with zero attached hydrogens (tertiary/aromatic N) is 2. The van der Waals surface area contributed by atoms with Gasteiger partial charge in [-0.3, -0.25) is 9.69 Å². The predicted molar refractivity (Wildman–Crippen MR) is 104 cm³/mol. The molecule has 142 valence electrons. The van der Waals surface area contributed by atoms with E-state index in [1.807, 2.05) is 35.2 Å². The number of carbonyl (C=O) groups excluding carboxylic acids is 1. The summed E-state index contributed by atoms with van der Waals surface area (Å²) in [6, 6.07) is 8.24. The third-order valence-electron chi connectivity index (χ3n) is 5.37. The first kappa shape index (κ1) is 19.2. The molecule has 0 bridgehead atoms. The van der Waals surface area contributed by atoms with Crippen molar-refractivity contribution < 1.29 is 14.3 Å². The van der Waals surface area contributed by atoms with Gasteiger partial charge >= 0.3 is 0 Å². The van der Waals surface area contributed by atoms with Gasteiger partial charge in [0.05, 0.1) is 19.3 Å². The third-order valence-corrected chi connectivity index (χ3v) is 5.37. The molecule has 1 atom stereocenters. The molecule has 1 saturated carbocycles. The number of anilines is 1. The van der Waals surface area contributed by atoms with Crippen LogP contribution >= 0.6 is 12.4 Å². The Bertz CT molecular complexity index is 641. The van der Waals surface area contributed by atoms with E-state index in [1.165, 1.54) is 18.4 Å². The van der Waals surface area contributed by atoms with Crippen molar-refractivity contribution >= 4 is 24.0 Å². The summed E-state index contributed by atoms with van der Waals surface area (Å²) in [5.74, 6) is 0.989. The van der Waals surface area contributed by atoms with Crippen LogP contribution in [-0.2, 0) is 9.53 Å². The molecular weight excluding hydrogens is 352 g/mol. The van der Waals surface area contributed by atoms with Crippen LogP contribution in [0.3, 0.4) is 0 Å². The maximum Gasteiger partial charge on any atom is 0.251 e. The Morgan fingerprint density at radius 2 is 1.88 bits per heavy atom. The van der Waals surface area contributed by atoms with E-state index in [-0.39, 0.29) is 24.4 Å². The average molecular weight is 379 g/mol. The molecule has 1 amide bonds. The number of carbonyl (C=O) groups is 1. The number of ether oxygens (including phenoxy) is 2. The second-order valence-corrected chi connectivity index (χ2v) is 6.99. The highest BCUT2D eigenvalue weighted by molar-refractivity contribution is 6.06. The Balaban J connectivity index is 0.00000196. The fourth-order valence-corrected chi connectivity index (χ4v) is 3.99. The summed E-state index contributed by atoms with van der Waals surface area (Å²) in [6.07, 6.45) is 6.40. The van der Waals surface area contributed by atoms with Crippen molar-refractivity contribution in [2.45, 2.75) is 31.7 Å². The smallest absolute Gasteiger partial charge is 0.251 e. The minimum Gasteiger partial charge on any atom is -0.492 e. The largest absolute Gasteiger partial charge is 0.492 e. The number of hydrogen-bond donors (Lipinski definition) is 0. The molecule has 0 N–H and O–H groups in total. The lowest BCUT2D eigenvalue weighted by atomic mass is 9.91. The molecule has 1 aliphatic carbocycles. The normalized spacial score (nSPS) is 23.2. The lowest BCUT2D eigenvalue weighted by molar-refractivity contribution is -0.113. The molecule has 1 aromatic carbocycles. The van der Waals surface area contributed by atoms with Gasteiger partial charge in [-0.25, -0.2) is 0 Å². The fraction of sp³-hybridized carbons (Fsp3) is 0.550. The summed E-state index contributed by atoms with van der Waals surface area (Å²) >= 11 is 0. The zero-order valence-electron chi connectivity index (χ0n) is 15.1. The maximum absolute atomic E-state index is 12.4. The van der Waals surface area contributed by atoms with Crippen molar-refractivity contribution in [2.75, 3.05) is 44.4 Å². The number of halogens is 1. The van der Waals surface area contributed by atoms with Crippen LogP contribution < -0.4 is 9.64 Å². The van der Waals surface area contributed by atoms with Gasteiger partial charge in [-0.05, 0) is 49.1 Å². The predicted octanol–water partition coefficient (Wildman–Crippen LogP) is 3.04.